The van der Waals surface area contributed by atoms with Gasteiger partial charge < -0.3 is 15.7 Å². The highest BCUT2D eigenvalue weighted by molar-refractivity contribution is 5.98. The molecule has 0 aliphatic heterocycles. The zero-order valence-electron chi connectivity index (χ0n) is 14.2. The summed E-state index contributed by atoms with van der Waals surface area (Å²) in [5.41, 5.74) is 1.94. The number of carbonyl (C=O) groups excluding carboxylic acids is 1. The quantitative estimate of drug-likeness (QED) is 0.644. The number of benzene rings is 3. The Morgan fingerprint density at radius 3 is 2.60 bits per heavy atom. The molecule has 4 heteroatoms. The van der Waals surface area contributed by atoms with Gasteiger partial charge in [0.1, 0.15) is 5.75 Å². The first-order valence-corrected chi connectivity index (χ1v) is 8.41. The Morgan fingerprint density at radius 2 is 1.84 bits per heavy atom. The summed E-state index contributed by atoms with van der Waals surface area (Å²) in [4.78, 5) is 12.5. The third-order valence-corrected chi connectivity index (χ3v) is 4.35. The molecule has 1 atom stereocenters. The molecule has 0 saturated heterocycles. The van der Waals surface area contributed by atoms with E-state index in [4.69, 9.17) is 0 Å². The van der Waals surface area contributed by atoms with Crippen LogP contribution in [0.5, 0.6) is 5.75 Å². The molecule has 0 bridgehead atoms. The standard InChI is InChI=1S/C21H22N2O2/c1-22-19(13-10-15-6-3-2-4-7-15)21(25)23-17-11-12-18-16(14-17)8-5-9-20(18)24/h2-9,11-12,14,19,22,24H,10,13H2,1H3,(H,23,25). The number of fused-ring (bicyclic) bond motifs is 1. The van der Waals surface area contributed by atoms with E-state index in [1.807, 2.05) is 42.5 Å². The zero-order chi connectivity index (χ0) is 17.6. The molecule has 3 aromatic rings. The summed E-state index contributed by atoms with van der Waals surface area (Å²) in [5, 5.41) is 17.6. The van der Waals surface area contributed by atoms with E-state index in [0.717, 1.165) is 29.3 Å². The summed E-state index contributed by atoms with van der Waals surface area (Å²) < 4.78 is 0. The van der Waals surface area contributed by atoms with Crippen molar-refractivity contribution in [2.24, 2.45) is 0 Å². The highest BCUT2D eigenvalue weighted by atomic mass is 16.3. The van der Waals surface area contributed by atoms with Crippen LogP contribution in [-0.2, 0) is 11.2 Å². The van der Waals surface area contributed by atoms with Gasteiger partial charge in [-0.1, -0.05) is 42.5 Å². The lowest BCUT2D eigenvalue weighted by Gasteiger charge is -2.16. The van der Waals surface area contributed by atoms with Gasteiger partial charge in [0.05, 0.1) is 6.04 Å². The molecule has 0 radical (unpaired) electrons. The number of carbonyl (C=O) groups is 1. The van der Waals surface area contributed by atoms with Crippen molar-refractivity contribution in [3.05, 3.63) is 72.3 Å². The number of nitrogens with one attached hydrogen (secondary N) is 2. The molecule has 1 amide bonds. The van der Waals surface area contributed by atoms with Crippen molar-refractivity contribution >= 4 is 22.4 Å². The average molecular weight is 334 g/mol. The molecule has 0 aliphatic carbocycles. The van der Waals surface area contributed by atoms with Crippen molar-refractivity contribution in [1.82, 2.24) is 5.32 Å². The fourth-order valence-electron chi connectivity index (χ4n) is 2.94. The van der Waals surface area contributed by atoms with E-state index in [9.17, 15) is 9.90 Å². The maximum Gasteiger partial charge on any atom is 0.241 e. The average Bonchev–Trinajstić information content (AvgIpc) is 2.63. The summed E-state index contributed by atoms with van der Waals surface area (Å²) in [6.07, 6.45) is 1.56. The minimum atomic E-state index is -0.264. The first kappa shape index (κ1) is 17.0. The van der Waals surface area contributed by atoms with Crippen molar-refractivity contribution in [3.8, 4) is 5.75 Å². The Kier molecular flexibility index (Phi) is 5.31. The SMILES string of the molecule is CNC(CCc1ccccc1)C(=O)Nc1ccc2c(O)cccc2c1. The van der Waals surface area contributed by atoms with Crippen LogP contribution in [0.3, 0.4) is 0 Å². The van der Waals surface area contributed by atoms with Crippen molar-refractivity contribution in [3.63, 3.8) is 0 Å². The van der Waals surface area contributed by atoms with Gasteiger partial charge in [0, 0.05) is 11.1 Å². The number of likely N-dealkylation sites (N-methyl/N-ethyl adjacent to an activating group) is 1. The van der Waals surface area contributed by atoms with Crippen LogP contribution in [0.25, 0.3) is 10.8 Å². The Labute approximate surface area is 147 Å². The second-order valence-corrected chi connectivity index (χ2v) is 6.07. The van der Waals surface area contributed by atoms with E-state index < -0.39 is 0 Å². The first-order valence-electron chi connectivity index (χ1n) is 8.41. The third-order valence-electron chi connectivity index (χ3n) is 4.35. The smallest absolute Gasteiger partial charge is 0.241 e. The monoisotopic (exact) mass is 334 g/mol. The molecule has 3 N–H and O–H groups in total. The lowest BCUT2D eigenvalue weighted by molar-refractivity contribution is -0.118. The summed E-state index contributed by atoms with van der Waals surface area (Å²) in [6.45, 7) is 0. The molecule has 0 saturated carbocycles. The van der Waals surface area contributed by atoms with Crippen LogP contribution >= 0.6 is 0 Å². The van der Waals surface area contributed by atoms with Gasteiger partial charge in [-0.2, -0.15) is 0 Å². The fraction of sp³-hybridized carbons (Fsp3) is 0.190. The molecule has 3 aromatic carbocycles. The Balaban J connectivity index is 1.67. The summed E-state index contributed by atoms with van der Waals surface area (Å²) in [6, 6.07) is 20.7. The number of rotatable bonds is 6. The van der Waals surface area contributed by atoms with Crippen molar-refractivity contribution < 1.29 is 9.90 Å². The van der Waals surface area contributed by atoms with Gasteiger partial charge in [0.15, 0.2) is 0 Å². The highest BCUT2D eigenvalue weighted by Gasteiger charge is 2.16. The van der Waals surface area contributed by atoms with Crippen LogP contribution in [0.2, 0.25) is 0 Å². The second-order valence-electron chi connectivity index (χ2n) is 6.07. The zero-order valence-corrected chi connectivity index (χ0v) is 14.2. The van der Waals surface area contributed by atoms with Crippen LogP contribution in [0.15, 0.2) is 66.7 Å². The number of hydrogen-bond donors (Lipinski definition) is 3. The van der Waals surface area contributed by atoms with E-state index in [1.165, 1.54) is 5.56 Å². The maximum atomic E-state index is 12.5. The number of aryl methyl sites for hydroxylation is 1. The molecule has 1 unspecified atom stereocenters. The highest BCUT2D eigenvalue weighted by Crippen LogP contribution is 2.26. The number of amides is 1. The fourth-order valence-corrected chi connectivity index (χ4v) is 2.94. The predicted molar refractivity (Wildman–Crippen MR) is 102 cm³/mol. The van der Waals surface area contributed by atoms with Gasteiger partial charge in [-0.05, 0) is 55.1 Å². The van der Waals surface area contributed by atoms with Crippen LogP contribution in [0, 0.1) is 0 Å². The van der Waals surface area contributed by atoms with Crippen molar-refractivity contribution in [2.45, 2.75) is 18.9 Å². The number of anilines is 1. The van der Waals surface area contributed by atoms with Crippen molar-refractivity contribution in [1.29, 1.82) is 0 Å². The summed E-state index contributed by atoms with van der Waals surface area (Å²) >= 11 is 0. The molecular formula is C21H22N2O2. The largest absolute Gasteiger partial charge is 0.507 e. The van der Waals surface area contributed by atoms with E-state index in [0.29, 0.717) is 0 Å². The maximum absolute atomic E-state index is 12.5. The van der Waals surface area contributed by atoms with Gasteiger partial charge in [-0.15, -0.1) is 0 Å². The number of aromatic hydroxyl groups is 1. The van der Waals surface area contributed by atoms with Crippen LogP contribution in [0.1, 0.15) is 12.0 Å². The Morgan fingerprint density at radius 1 is 1.04 bits per heavy atom. The molecule has 0 heterocycles. The Hall–Kier alpha value is -2.85. The topological polar surface area (TPSA) is 61.4 Å². The first-order chi connectivity index (χ1) is 12.2. The van der Waals surface area contributed by atoms with E-state index >= 15 is 0 Å². The third kappa shape index (κ3) is 4.17. The minimum Gasteiger partial charge on any atom is -0.507 e. The van der Waals surface area contributed by atoms with Crippen molar-refractivity contribution in [2.75, 3.05) is 12.4 Å². The molecule has 128 valence electrons. The van der Waals surface area contributed by atoms with Crippen LogP contribution < -0.4 is 10.6 Å². The van der Waals surface area contributed by atoms with Gasteiger partial charge >= 0.3 is 0 Å². The molecule has 0 fully saturated rings. The van der Waals surface area contributed by atoms with E-state index in [1.54, 1.807) is 19.2 Å². The number of hydrogen-bond acceptors (Lipinski definition) is 3. The molecule has 3 rings (SSSR count). The van der Waals surface area contributed by atoms with Gasteiger partial charge in [-0.25, -0.2) is 0 Å². The molecule has 0 aliphatic rings. The van der Waals surface area contributed by atoms with Gasteiger partial charge in [0.2, 0.25) is 5.91 Å². The molecule has 0 aromatic heterocycles. The molecule has 25 heavy (non-hydrogen) atoms. The summed E-state index contributed by atoms with van der Waals surface area (Å²) in [5.74, 6) is 0.185. The van der Waals surface area contributed by atoms with E-state index in [-0.39, 0.29) is 17.7 Å². The second kappa shape index (κ2) is 7.81. The lowest BCUT2D eigenvalue weighted by atomic mass is 10.0. The van der Waals surface area contributed by atoms with Gasteiger partial charge in [-0.3, -0.25) is 4.79 Å². The summed E-state index contributed by atoms with van der Waals surface area (Å²) in [7, 11) is 1.80. The number of phenols is 1. The predicted octanol–water partition coefficient (Wildman–Crippen LogP) is 3.70. The molecule has 0 spiro atoms. The number of phenolic OH excluding ortho intramolecular Hbond substituents is 1. The van der Waals surface area contributed by atoms with Gasteiger partial charge in [0.25, 0.3) is 0 Å². The molecular weight excluding hydrogens is 312 g/mol. The normalized spacial score (nSPS) is 12.0. The Bertz CT molecular complexity index is 862. The van der Waals surface area contributed by atoms with Crippen LogP contribution in [0.4, 0.5) is 5.69 Å². The van der Waals surface area contributed by atoms with E-state index in [2.05, 4.69) is 22.8 Å². The minimum absolute atomic E-state index is 0.0575. The van der Waals surface area contributed by atoms with Crippen LogP contribution in [-0.4, -0.2) is 24.1 Å². The lowest BCUT2D eigenvalue weighted by Crippen LogP contribution is -2.38. The molecule has 4 nitrogen and oxygen atoms in total.